The maximum absolute atomic E-state index is 11.6. The van der Waals surface area contributed by atoms with Crippen LogP contribution < -0.4 is 9.47 Å². The average Bonchev–Trinajstić information content (AvgIpc) is 2.74. The Morgan fingerprint density at radius 3 is 2.38 bits per heavy atom. The van der Waals surface area contributed by atoms with Crippen molar-refractivity contribution in [3.8, 4) is 11.5 Å². The fourth-order valence-corrected chi connectivity index (χ4v) is 4.70. The molecule has 29 heavy (non-hydrogen) atoms. The minimum absolute atomic E-state index is 0. The molecule has 6 nitrogen and oxygen atoms in total. The Kier molecular flexibility index (Phi) is 7.29. The normalized spacial score (nSPS) is 20.9. The number of fused-ring (bicyclic) bond motifs is 1. The smallest absolute Gasteiger partial charge is 0.162 e. The SMILES string of the molecule is CN(Cc1ccc([C@H]2COc3ccccc3O2)cc1)C1CCN(S(C)=O)CC1.O. The highest BCUT2D eigenvalue weighted by molar-refractivity contribution is 7.81. The van der Waals surface area contributed by atoms with Gasteiger partial charge in [0.1, 0.15) is 6.61 Å². The third-order valence-corrected chi connectivity index (χ3v) is 6.79. The Balaban J connectivity index is 0.00000240. The lowest BCUT2D eigenvalue weighted by Crippen LogP contribution is -2.43. The maximum Gasteiger partial charge on any atom is 0.162 e. The van der Waals surface area contributed by atoms with E-state index in [4.69, 9.17) is 9.47 Å². The highest BCUT2D eigenvalue weighted by Crippen LogP contribution is 2.35. The number of hydrogen-bond donors (Lipinski definition) is 0. The molecule has 2 aromatic carbocycles. The van der Waals surface area contributed by atoms with E-state index in [2.05, 4.69) is 40.5 Å². The van der Waals surface area contributed by atoms with Crippen LogP contribution in [0.4, 0.5) is 0 Å². The summed E-state index contributed by atoms with van der Waals surface area (Å²) in [5.41, 5.74) is 2.43. The zero-order valence-electron chi connectivity index (χ0n) is 17.0. The molecule has 2 N–H and O–H groups in total. The molecule has 0 aliphatic carbocycles. The molecule has 2 atom stereocenters. The molecule has 7 heteroatoms. The van der Waals surface area contributed by atoms with Gasteiger partial charge in [0.2, 0.25) is 0 Å². The van der Waals surface area contributed by atoms with Gasteiger partial charge in [-0.1, -0.05) is 36.4 Å². The lowest BCUT2D eigenvalue weighted by molar-refractivity contribution is 0.0912. The molecule has 1 unspecified atom stereocenters. The summed E-state index contributed by atoms with van der Waals surface area (Å²) in [5, 5.41) is 0. The number of piperidine rings is 1. The summed E-state index contributed by atoms with van der Waals surface area (Å²) in [7, 11) is 1.34. The molecule has 2 heterocycles. The second kappa shape index (κ2) is 9.71. The van der Waals surface area contributed by atoms with Crippen LogP contribution in [0.2, 0.25) is 0 Å². The van der Waals surface area contributed by atoms with Gasteiger partial charge in [-0.15, -0.1) is 0 Å². The second-order valence-electron chi connectivity index (χ2n) is 7.60. The van der Waals surface area contributed by atoms with Crippen LogP contribution in [0.15, 0.2) is 48.5 Å². The Morgan fingerprint density at radius 2 is 1.72 bits per heavy atom. The van der Waals surface area contributed by atoms with E-state index in [1.165, 1.54) is 5.56 Å². The molecule has 158 valence electrons. The van der Waals surface area contributed by atoms with Crippen LogP contribution >= 0.6 is 0 Å². The van der Waals surface area contributed by atoms with Gasteiger partial charge in [-0.2, -0.15) is 0 Å². The number of nitrogens with zero attached hydrogens (tertiary/aromatic N) is 2. The predicted octanol–water partition coefficient (Wildman–Crippen LogP) is 2.56. The third kappa shape index (κ3) is 5.17. The molecule has 0 saturated carbocycles. The van der Waals surface area contributed by atoms with E-state index >= 15 is 0 Å². The topological polar surface area (TPSA) is 73.5 Å². The summed E-state index contributed by atoms with van der Waals surface area (Å²) in [4.78, 5) is 2.42. The van der Waals surface area contributed by atoms with Gasteiger partial charge in [0.25, 0.3) is 0 Å². The van der Waals surface area contributed by atoms with Crippen LogP contribution in [0.1, 0.15) is 30.1 Å². The average molecular weight is 419 g/mol. The van der Waals surface area contributed by atoms with Gasteiger partial charge in [0.15, 0.2) is 17.6 Å². The molecule has 2 aromatic rings. The molecule has 0 spiro atoms. The standard InChI is InChI=1S/C22H28N2O3S.H2O/c1-23(19-11-13-24(14-12-19)28(2)25)15-17-7-9-18(10-8-17)22-16-26-20-5-3-4-6-21(20)27-22;/h3-10,19,22H,11-16H2,1-2H3;1H2/t22-,28?;/m1./s1. The van der Waals surface area contributed by atoms with E-state index in [1.807, 2.05) is 24.3 Å². The minimum atomic E-state index is -0.845. The van der Waals surface area contributed by atoms with Crippen LogP contribution in [0.25, 0.3) is 0 Å². The highest BCUT2D eigenvalue weighted by atomic mass is 32.2. The summed E-state index contributed by atoms with van der Waals surface area (Å²) >= 11 is 0. The van der Waals surface area contributed by atoms with Crippen molar-refractivity contribution < 1.29 is 19.2 Å². The van der Waals surface area contributed by atoms with Crippen LogP contribution in [0.5, 0.6) is 11.5 Å². The molecule has 1 fully saturated rings. The lowest BCUT2D eigenvalue weighted by Gasteiger charge is -2.35. The summed E-state index contributed by atoms with van der Waals surface area (Å²) in [5.74, 6) is 1.62. The van der Waals surface area contributed by atoms with Gasteiger partial charge >= 0.3 is 0 Å². The van der Waals surface area contributed by atoms with E-state index in [0.29, 0.717) is 12.6 Å². The zero-order chi connectivity index (χ0) is 19.5. The minimum Gasteiger partial charge on any atom is -0.485 e. The van der Waals surface area contributed by atoms with Gasteiger partial charge in [0.05, 0.1) is 11.0 Å². The van der Waals surface area contributed by atoms with Gasteiger partial charge in [0, 0.05) is 31.9 Å². The van der Waals surface area contributed by atoms with E-state index in [1.54, 1.807) is 6.26 Å². The van der Waals surface area contributed by atoms with Crippen molar-refractivity contribution in [2.75, 3.05) is 33.0 Å². The Labute approximate surface area is 175 Å². The van der Waals surface area contributed by atoms with Gasteiger partial charge in [-0.25, -0.2) is 8.51 Å². The van der Waals surface area contributed by atoms with E-state index < -0.39 is 11.0 Å². The van der Waals surface area contributed by atoms with Crippen molar-refractivity contribution in [3.63, 3.8) is 0 Å². The summed E-state index contributed by atoms with van der Waals surface area (Å²) in [6.07, 6.45) is 3.84. The van der Waals surface area contributed by atoms with Crippen molar-refractivity contribution in [1.29, 1.82) is 0 Å². The second-order valence-corrected chi connectivity index (χ2v) is 8.97. The highest BCUT2D eigenvalue weighted by Gasteiger charge is 2.25. The first-order valence-corrected chi connectivity index (χ1v) is 11.4. The number of para-hydroxylation sites is 2. The van der Waals surface area contributed by atoms with E-state index in [9.17, 15) is 4.21 Å². The van der Waals surface area contributed by atoms with E-state index in [0.717, 1.165) is 49.5 Å². The zero-order valence-corrected chi connectivity index (χ0v) is 17.9. The Bertz CT molecular complexity index is 822. The first-order valence-electron chi connectivity index (χ1n) is 9.86. The van der Waals surface area contributed by atoms with Crippen molar-refractivity contribution in [1.82, 2.24) is 9.21 Å². The number of rotatable bonds is 5. The summed E-state index contributed by atoms with van der Waals surface area (Å²) < 4.78 is 25.6. The van der Waals surface area contributed by atoms with Crippen LogP contribution in [-0.2, 0) is 17.5 Å². The Morgan fingerprint density at radius 1 is 1.07 bits per heavy atom. The molecule has 1 saturated heterocycles. The fourth-order valence-electron chi connectivity index (χ4n) is 3.98. The van der Waals surface area contributed by atoms with Crippen molar-refractivity contribution in [3.05, 3.63) is 59.7 Å². The monoisotopic (exact) mass is 418 g/mol. The van der Waals surface area contributed by atoms with Gasteiger partial charge in [-0.05, 0) is 43.1 Å². The molecule has 0 amide bonds. The van der Waals surface area contributed by atoms with Crippen LogP contribution in [0.3, 0.4) is 0 Å². The van der Waals surface area contributed by atoms with Crippen LogP contribution in [-0.4, -0.2) is 57.9 Å². The fraction of sp³-hybridized carbons (Fsp3) is 0.455. The first-order chi connectivity index (χ1) is 13.6. The van der Waals surface area contributed by atoms with Crippen molar-refractivity contribution in [2.45, 2.75) is 31.5 Å². The molecular weight excluding hydrogens is 388 g/mol. The van der Waals surface area contributed by atoms with E-state index in [-0.39, 0.29) is 11.6 Å². The number of benzene rings is 2. The first kappa shape index (κ1) is 21.8. The molecular formula is C22H30N2O4S. The van der Waals surface area contributed by atoms with Crippen molar-refractivity contribution >= 4 is 11.0 Å². The molecule has 2 aliphatic rings. The predicted molar refractivity (Wildman–Crippen MR) is 115 cm³/mol. The largest absolute Gasteiger partial charge is 0.485 e. The number of ether oxygens (including phenoxy) is 2. The lowest BCUT2D eigenvalue weighted by atomic mass is 10.0. The van der Waals surface area contributed by atoms with Gasteiger partial charge in [-0.3, -0.25) is 4.90 Å². The van der Waals surface area contributed by atoms with Crippen LogP contribution in [0, 0.1) is 0 Å². The van der Waals surface area contributed by atoms with Crippen molar-refractivity contribution in [2.24, 2.45) is 0 Å². The third-order valence-electron chi connectivity index (χ3n) is 5.70. The molecule has 0 radical (unpaired) electrons. The molecule has 0 aromatic heterocycles. The number of hydrogen-bond acceptors (Lipinski definition) is 4. The molecule has 4 rings (SSSR count). The maximum atomic E-state index is 11.6. The summed E-state index contributed by atoms with van der Waals surface area (Å²) in [6.45, 7) is 3.29. The quantitative estimate of drug-likeness (QED) is 0.748. The Hall–Kier alpha value is -1.93. The molecule has 2 aliphatic heterocycles. The van der Waals surface area contributed by atoms with Gasteiger partial charge < -0.3 is 14.9 Å². The molecule has 0 bridgehead atoms. The summed E-state index contributed by atoms with van der Waals surface area (Å²) in [6, 6.07) is 17.0.